The lowest BCUT2D eigenvalue weighted by Crippen LogP contribution is -2.55. The first kappa shape index (κ1) is 22.2. The van der Waals surface area contributed by atoms with Gasteiger partial charge in [-0.1, -0.05) is 29.8 Å². The van der Waals surface area contributed by atoms with E-state index in [-0.39, 0.29) is 18.4 Å². The van der Waals surface area contributed by atoms with Crippen LogP contribution < -0.4 is 14.2 Å². The maximum Gasteiger partial charge on any atom is 0.273 e. The Balaban J connectivity index is 1.12. The summed E-state index contributed by atoms with van der Waals surface area (Å²) in [5.74, 6) is 1.74. The second-order valence-electron chi connectivity index (χ2n) is 8.21. The first-order chi connectivity index (χ1) is 16.6. The van der Waals surface area contributed by atoms with Crippen molar-refractivity contribution < 1.29 is 23.8 Å². The minimum Gasteiger partial charge on any atom is -0.486 e. The lowest BCUT2D eigenvalue weighted by Gasteiger charge is -2.37. The minimum atomic E-state index is -0.674. The van der Waals surface area contributed by atoms with Crippen LogP contribution in [0.2, 0.25) is 0 Å². The van der Waals surface area contributed by atoms with Crippen LogP contribution in [-0.2, 0) is 11.4 Å². The third-order valence-corrected chi connectivity index (χ3v) is 6.64. The van der Waals surface area contributed by atoms with Crippen LogP contribution in [0.15, 0.2) is 53.9 Å². The van der Waals surface area contributed by atoms with Crippen molar-refractivity contribution in [2.24, 2.45) is 0 Å². The van der Waals surface area contributed by atoms with Crippen LogP contribution >= 0.6 is 11.3 Å². The normalized spacial score (nSPS) is 17.4. The number of hydrogen-bond acceptors (Lipinski definition) is 7. The van der Waals surface area contributed by atoms with Crippen molar-refractivity contribution in [1.29, 1.82) is 0 Å². The van der Waals surface area contributed by atoms with Gasteiger partial charge in [0, 0.05) is 31.6 Å². The summed E-state index contributed by atoms with van der Waals surface area (Å²) in [4.78, 5) is 33.7. The van der Waals surface area contributed by atoms with Crippen LogP contribution in [0.25, 0.3) is 0 Å². The molecule has 0 spiro atoms. The van der Waals surface area contributed by atoms with Gasteiger partial charge in [-0.25, -0.2) is 4.98 Å². The summed E-state index contributed by atoms with van der Waals surface area (Å²) in [5, 5.41) is 2.51. The van der Waals surface area contributed by atoms with E-state index in [0.29, 0.717) is 50.0 Å². The molecule has 3 aromatic rings. The Morgan fingerprint density at radius 2 is 1.74 bits per heavy atom. The molecule has 1 fully saturated rings. The zero-order chi connectivity index (χ0) is 23.5. The summed E-state index contributed by atoms with van der Waals surface area (Å²) in [6, 6.07) is 15.1. The molecule has 0 bridgehead atoms. The van der Waals surface area contributed by atoms with Gasteiger partial charge >= 0.3 is 0 Å². The number of nitrogens with zero attached hydrogens (tertiary/aromatic N) is 3. The summed E-state index contributed by atoms with van der Waals surface area (Å²) in [6.07, 6.45) is -0.674. The number of para-hydroxylation sites is 2. The van der Waals surface area contributed by atoms with E-state index < -0.39 is 6.10 Å². The van der Waals surface area contributed by atoms with Crippen LogP contribution in [0.3, 0.4) is 0 Å². The number of thiazole rings is 1. The Bertz CT molecular complexity index is 1170. The van der Waals surface area contributed by atoms with Gasteiger partial charge in [-0.2, -0.15) is 0 Å². The van der Waals surface area contributed by atoms with Crippen LogP contribution in [0.4, 0.5) is 0 Å². The van der Waals surface area contributed by atoms with Gasteiger partial charge in [0.2, 0.25) is 6.10 Å². The van der Waals surface area contributed by atoms with Gasteiger partial charge in [0.05, 0.1) is 0 Å². The predicted molar refractivity (Wildman–Crippen MR) is 126 cm³/mol. The number of amides is 2. The van der Waals surface area contributed by atoms with Crippen molar-refractivity contribution in [3.63, 3.8) is 0 Å². The van der Waals surface area contributed by atoms with Crippen molar-refractivity contribution in [1.82, 2.24) is 14.8 Å². The Morgan fingerprint density at radius 3 is 2.50 bits per heavy atom. The Hall–Kier alpha value is -3.59. The fourth-order valence-corrected chi connectivity index (χ4v) is 4.57. The van der Waals surface area contributed by atoms with Gasteiger partial charge in [-0.15, -0.1) is 11.3 Å². The van der Waals surface area contributed by atoms with Crippen LogP contribution in [0.1, 0.15) is 21.1 Å². The number of hydrogen-bond donors (Lipinski definition) is 0. The van der Waals surface area contributed by atoms with Crippen LogP contribution in [0.5, 0.6) is 17.2 Å². The summed E-state index contributed by atoms with van der Waals surface area (Å²) >= 11 is 1.40. The molecule has 0 aliphatic carbocycles. The number of ether oxygens (including phenoxy) is 3. The number of carbonyl (C=O) groups excluding carboxylic acids is 2. The zero-order valence-electron chi connectivity index (χ0n) is 18.8. The topological polar surface area (TPSA) is 81.2 Å². The molecule has 0 N–H and O–H groups in total. The number of carbonyl (C=O) groups is 2. The molecule has 2 amide bonds. The molecule has 8 nitrogen and oxygen atoms in total. The molecular weight excluding hydrogens is 454 g/mol. The lowest BCUT2D eigenvalue weighted by atomic mass is 10.2. The average molecular weight is 480 g/mol. The first-order valence-electron chi connectivity index (χ1n) is 11.2. The number of rotatable bonds is 5. The highest BCUT2D eigenvalue weighted by Crippen LogP contribution is 2.31. The molecule has 0 radical (unpaired) electrons. The summed E-state index contributed by atoms with van der Waals surface area (Å²) in [5.41, 5.74) is 1.58. The third-order valence-electron chi connectivity index (χ3n) is 5.82. The smallest absolute Gasteiger partial charge is 0.273 e. The van der Waals surface area contributed by atoms with Crippen molar-refractivity contribution in [3.8, 4) is 17.2 Å². The highest BCUT2D eigenvalue weighted by atomic mass is 32.1. The van der Waals surface area contributed by atoms with E-state index in [1.54, 1.807) is 21.2 Å². The Morgan fingerprint density at radius 1 is 1.03 bits per heavy atom. The molecule has 3 heterocycles. The van der Waals surface area contributed by atoms with Crippen molar-refractivity contribution in [2.45, 2.75) is 19.6 Å². The van der Waals surface area contributed by atoms with Gasteiger partial charge in [-0.05, 0) is 31.2 Å². The molecule has 9 heteroatoms. The molecule has 2 aliphatic rings. The summed E-state index contributed by atoms with van der Waals surface area (Å²) < 4.78 is 17.3. The van der Waals surface area contributed by atoms with Crippen LogP contribution in [-0.4, -0.2) is 65.5 Å². The number of benzene rings is 2. The average Bonchev–Trinajstić information content (AvgIpc) is 3.36. The number of aryl methyl sites for hydroxylation is 1. The largest absolute Gasteiger partial charge is 0.486 e. The molecule has 34 heavy (non-hydrogen) atoms. The molecule has 176 valence electrons. The number of fused-ring (bicyclic) bond motifs is 1. The molecule has 2 aromatic carbocycles. The second kappa shape index (κ2) is 9.72. The molecule has 1 atom stereocenters. The van der Waals surface area contributed by atoms with Gasteiger partial charge in [-0.3, -0.25) is 9.59 Å². The molecular formula is C25H25N3O5S. The van der Waals surface area contributed by atoms with E-state index in [4.69, 9.17) is 14.2 Å². The zero-order valence-corrected chi connectivity index (χ0v) is 19.6. The first-order valence-corrected chi connectivity index (χ1v) is 12.1. The van der Waals surface area contributed by atoms with E-state index >= 15 is 0 Å². The van der Waals surface area contributed by atoms with Gasteiger partial charge in [0.15, 0.2) is 11.5 Å². The quantitative estimate of drug-likeness (QED) is 0.559. The number of aromatic nitrogens is 1. The highest BCUT2D eigenvalue weighted by Gasteiger charge is 2.33. The molecule has 5 rings (SSSR count). The van der Waals surface area contributed by atoms with Crippen LogP contribution in [0, 0.1) is 6.92 Å². The molecule has 1 saturated heterocycles. The molecule has 1 aromatic heterocycles. The van der Waals surface area contributed by atoms with Gasteiger partial charge in [0.25, 0.3) is 11.8 Å². The molecule has 0 saturated carbocycles. The Labute approximate surface area is 201 Å². The van der Waals surface area contributed by atoms with E-state index in [2.05, 4.69) is 4.98 Å². The maximum atomic E-state index is 12.9. The summed E-state index contributed by atoms with van der Waals surface area (Å²) in [6.45, 7) is 4.30. The van der Waals surface area contributed by atoms with Gasteiger partial charge in [0.1, 0.15) is 29.7 Å². The predicted octanol–water partition coefficient (Wildman–Crippen LogP) is 3.15. The summed E-state index contributed by atoms with van der Waals surface area (Å²) in [7, 11) is 0. The highest BCUT2D eigenvalue weighted by molar-refractivity contribution is 7.09. The van der Waals surface area contributed by atoms with E-state index in [9.17, 15) is 9.59 Å². The fourth-order valence-electron chi connectivity index (χ4n) is 3.89. The second-order valence-corrected chi connectivity index (χ2v) is 9.15. The SMILES string of the molecule is Cc1ccc(OCc2nc(C(=O)N3CCN(C(=O)C4COc5ccccc5O4)CC3)cs2)cc1. The lowest BCUT2D eigenvalue weighted by molar-refractivity contribution is -0.142. The third kappa shape index (κ3) is 4.84. The fraction of sp³-hybridized carbons (Fsp3) is 0.320. The van der Waals surface area contributed by atoms with E-state index in [0.717, 1.165) is 10.8 Å². The standard InChI is InChI=1S/C25H25N3O5S/c1-17-6-8-18(9-7-17)31-15-23-26-19(16-34-23)24(29)27-10-12-28(13-11-27)25(30)22-14-32-20-4-2-3-5-21(20)33-22/h2-9,16,22H,10-15H2,1H3. The van der Waals surface area contributed by atoms with E-state index in [1.165, 1.54) is 16.9 Å². The molecule has 2 aliphatic heterocycles. The molecule has 1 unspecified atom stereocenters. The van der Waals surface area contributed by atoms with Crippen molar-refractivity contribution >= 4 is 23.2 Å². The van der Waals surface area contributed by atoms with Gasteiger partial charge < -0.3 is 24.0 Å². The van der Waals surface area contributed by atoms with Crippen molar-refractivity contribution in [2.75, 3.05) is 32.8 Å². The minimum absolute atomic E-state index is 0.120. The monoisotopic (exact) mass is 479 g/mol. The van der Waals surface area contributed by atoms with E-state index in [1.807, 2.05) is 49.4 Å². The maximum absolute atomic E-state index is 12.9. The van der Waals surface area contributed by atoms with Crippen molar-refractivity contribution in [3.05, 3.63) is 70.2 Å². The number of piperazine rings is 1. The Kier molecular flexibility index (Phi) is 6.35.